The van der Waals surface area contributed by atoms with Crippen LogP contribution in [0.4, 0.5) is 0 Å². The Morgan fingerprint density at radius 2 is 1.60 bits per heavy atom. The number of thioether (sulfide) groups is 6. The van der Waals surface area contributed by atoms with Crippen LogP contribution in [0.2, 0.25) is 0 Å². The second-order valence-electron chi connectivity index (χ2n) is 2.40. The van der Waals surface area contributed by atoms with Gasteiger partial charge < -0.3 is 0 Å². The highest BCUT2D eigenvalue weighted by Gasteiger charge is 2.25. The van der Waals surface area contributed by atoms with Crippen LogP contribution in [0.1, 0.15) is 0 Å². The molecule has 0 fully saturated rings. The average molecular weight is 422 g/mol. The Bertz CT molecular complexity index is 351. The third-order valence-electron chi connectivity index (χ3n) is 1.52. The van der Waals surface area contributed by atoms with Crippen LogP contribution in [-0.2, 0) is 0 Å². The molecule has 0 nitrogen and oxygen atoms in total. The molecular formula is C8H7IS6. The molecule has 0 saturated heterocycles. The first-order chi connectivity index (χ1) is 7.24. The van der Waals surface area contributed by atoms with E-state index in [0.29, 0.717) is 0 Å². The first-order valence-electron chi connectivity index (χ1n) is 3.87. The average Bonchev–Trinajstić information content (AvgIpc) is 2.82. The molecule has 0 unspecified atom stereocenters. The lowest BCUT2D eigenvalue weighted by molar-refractivity contribution is 2.30. The largest absolute Gasteiger partial charge is 0.121 e. The summed E-state index contributed by atoms with van der Waals surface area (Å²) >= 11 is 13.7. The molecule has 0 N–H and O–H groups in total. The maximum atomic E-state index is 2.39. The van der Waals surface area contributed by atoms with Crippen LogP contribution < -0.4 is 0 Å². The Labute approximate surface area is 129 Å². The van der Waals surface area contributed by atoms with Gasteiger partial charge in [0.15, 0.2) is 0 Å². The standard InChI is InChI=1S/C8H7IS6/c1-10-5-6(11-2)15-8(14-5)7-12-3-4(9)13-7/h3H,1-2H3. The monoisotopic (exact) mass is 422 g/mol. The van der Waals surface area contributed by atoms with E-state index in [0.717, 1.165) is 0 Å². The number of rotatable bonds is 2. The first kappa shape index (κ1) is 13.5. The Morgan fingerprint density at radius 1 is 1.00 bits per heavy atom. The van der Waals surface area contributed by atoms with Crippen LogP contribution in [0.3, 0.4) is 0 Å². The van der Waals surface area contributed by atoms with Crippen LogP contribution in [-0.4, -0.2) is 12.5 Å². The summed E-state index contributed by atoms with van der Waals surface area (Å²) in [5, 5.41) is 2.23. The van der Waals surface area contributed by atoms with Crippen molar-refractivity contribution in [2.75, 3.05) is 12.5 Å². The highest BCUT2D eigenvalue weighted by Crippen LogP contribution is 2.62. The van der Waals surface area contributed by atoms with Crippen molar-refractivity contribution in [3.8, 4) is 0 Å². The lowest BCUT2D eigenvalue weighted by Crippen LogP contribution is -1.65. The number of halogens is 1. The highest BCUT2D eigenvalue weighted by atomic mass is 127. The predicted molar refractivity (Wildman–Crippen MR) is 93.5 cm³/mol. The van der Waals surface area contributed by atoms with E-state index < -0.39 is 0 Å². The second-order valence-corrected chi connectivity index (χ2v) is 10.9. The molecule has 0 bridgehead atoms. The van der Waals surface area contributed by atoms with Crippen molar-refractivity contribution < 1.29 is 0 Å². The molecule has 0 radical (unpaired) electrons. The minimum atomic E-state index is 1.38. The van der Waals surface area contributed by atoms with Gasteiger partial charge in [-0.05, 0) is 40.5 Å². The molecule has 0 amide bonds. The summed E-state index contributed by atoms with van der Waals surface area (Å²) in [4.78, 5) is 0. The Balaban J connectivity index is 2.13. The maximum absolute atomic E-state index is 2.39. The molecule has 15 heavy (non-hydrogen) atoms. The predicted octanol–water partition coefficient (Wildman–Crippen LogP) is 6.16. The zero-order valence-corrected chi connectivity index (χ0v) is 15.0. The SMILES string of the molecule is CSC1=C(SC)SC(=C2SC=C(I)S2)S1. The Morgan fingerprint density at radius 3 is 2.00 bits per heavy atom. The summed E-state index contributed by atoms with van der Waals surface area (Å²) in [5.41, 5.74) is 0. The van der Waals surface area contributed by atoms with E-state index >= 15 is 0 Å². The van der Waals surface area contributed by atoms with Crippen molar-refractivity contribution in [3.63, 3.8) is 0 Å². The van der Waals surface area contributed by atoms with Crippen molar-refractivity contribution in [2.45, 2.75) is 0 Å². The molecule has 0 aromatic rings. The van der Waals surface area contributed by atoms with E-state index in [1.54, 1.807) is 0 Å². The highest BCUT2D eigenvalue weighted by molar-refractivity contribution is 14.1. The number of hydrogen-bond acceptors (Lipinski definition) is 6. The fraction of sp³-hybridized carbons (Fsp3) is 0.250. The molecule has 2 heterocycles. The minimum absolute atomic E-state index is 1.38. The first-order valence-corrected chi connectivity index (χ1v) is 10.7. The van der Waals surface area contributed by atoms with Crippen molar-refractivity contribution >= 4 is 93.2 Å². The van der Waals surface area contributed by atoms with Crippen LogP contribution >= 0.6 is 93.2 Å². The van der Waals surface area contributed by atoms with Crippen molar-refractivity contribution in [1.29, 1.82) is 0 Å². The third-order valence-corrected chi connectivity index (χ3v) is 10.8. The summed E-state index contributed by atoms with van der Waals surface area (Å²) in [6.07, 6.45) is 4.31. The fourth-order valence-corrected chi connectivity index (χ4v) is 9.61. The molecule has 0 atom stereocenters. The molecule has 0 aliphatic carbocycles. The molecule has 0 aromatic heterocycles. The van der Waals surface area contributed by atoms with Crippen molar-refractivity contribution in [3.05, 3.63) is 25.3 Å². The lowest BCUT2D eigenvalue weighted by atomic mass is 11.2. The van der Waals surface area contributed by atoms with Gasteiger partial charge in [0.05, 0.1) is 19.9 Å². The summed E-state index contributed by atoms with van der Waals surface area (Å²) in [6.45, 7) is 0. The van der Waals surface area contributed by atoms with Crippen molar-refractivity contribution in [1.82, 2.24) is 0 Å². The van der Waals surface area contributed by atoms with Gasteiger partial charge in [0, 0.05) is 0 Å². The molecule has 0 aromatic carbocycles. The quantitative estimate of drug-likeness (QED) is 0.486. The summed E-state index contributed by atoms with van der Waals surface area (Å²) in [7, 11) is 0. The molecule has 82 valence electrons. The molecule has 0 spiro atoms. The Kier molecular flexibility index (Phi) is 5.65. The maximum Gasteiger partial charge on any atom is 0.0717 e. The van der Waals surface area contributed by atoms with E-state index in [2.05, 4.69) is 40.5 Å². The van der Waals surface area contributed by atoms with Crippen LogP contribution in [0, 0.1) is 0 Å². The minimum Gasteiger partial charge on any atom is -0.121 e. The fourth-order valence-electron chi connectivity index (χ4n) is 0.932. The topological polar surface area (TPSA) is 0 Å². The molecule has 2 aliphatic heterocycles. The smallest absolute Gasteiger partial charge is 0.0717 e. The van der Waals surface area contributed by atoms with Gasteiger partial charge in [-0.3, -0.25) is 0 Å². The van der Waals surface area contributed by atoms with Gasteiger partial charge in [0.2, 0.25) is 0 Å². The molecule has 7 heteroatoms. The van der Waals surface area contributed by atoms with Gasteiger partial charge >= 0.3 is 0 Å². The van der Waals surface area contributed by atoms with E-state index in [-0.39, 0.29) is 0 Å². The van der Waals surface area contributed by atoms with Gasteiger partial charge in [0.1, 0.15) is 0 Å². The zero-order chi connectivity index (χ0) is 10.8. The van der Waals surface area contributed by atoms with E-state index in [1.165, 1.54) is 19.9 Å². The van der Waals surface area contributed by atoms with Gasteiger partial charge in [-0.1, -0.05) is 47.0 Å². The molecular weight excluding hydrogens is 415 g/mol. The van der Waals surface area contributed by atoms with Crippen LogP contribution in [0.25, 0.3) is 0 Å². The molecule has 2 aliphatic rings. The van der Waals surface area contributed by atoms with Gasteiger partial charge in [-0.15, -0.1) is 23.5 Å². The van der Waals surface area contributed by atoms with Crippen molar-refractivity contribution in [2.24, 2.45) is 0 Å². The van der Waals surface area contributed by atoms with Gasteiger partial charge in [-0.25, -0.2) is 0 Å². The summed E-state index contributed by atoms with van der Waals surface area (Å²) in [5.74, 6) is 0. The zero-order valence-electron chi connectivity index (χ0n) is 7.90. The third kappa shape index (κ3) is 3.29. The van der Waals surface area contributed by atoms with E-state index in [4.69, 9.17) is 0 Å². The number of hydrogen-bond donors (Lipinski definition) is 0. The Hall–Kier alpha value is 2.05. The molecule has 2 rings (SSSR count). The van der Waals surface area contributed by atoms with Crippen LogP contribution in [0.5, 0.6) is 0 Å². The lowest BCUT2D eigenvalue weighted by Gasteiger charge is -2.00. The normalized spacial score (nSPS) is 21.7. The second kappa shape index (κ2) is 6.29. The van der Waals surface area contributed by atoms with Crippen LogP contribution in [0.15, 0.2) is 25.3 Å². The molecule has 0 saturated carbocycles. The summed E-state index contributed by atoms with van der Waals surface area (Å²) < 4.78 is 7.20. The van der Waals surface area contributed by atoms with Gasteiger partial charge in [0.25, 0.3) is 0 Å². The van der Waals surface area contributed by atoms with Gasteiger partial charge in [-0.2, -0.15) is 0 Å². The summed E-state index contributed by atoms with van der Waals surface area (Å²) in [6, 6.07) is 0. The van der Waals surface area contributed by atoms with E-state index in [1.807, 2.05) is 70.6 Å². The van der Waals surface area contributed by atoms with E-state index in [9.17, 15) is 0 Å².